The summed E-state index contributed by atoms with van der Waals surface area (Å²) in [4.78, 5) is 20.6. The monoisotopic (exact) mass is 273 g/mol. The molecule has 96 valence electrons. The Hall–Kier alpha value is -2.21. The van der Waals surface area contributed by atoms with Crippen LogP contribution in [0.4, 0.5) is 0 Å². The van der Waals surface area contributed by atoms with Crippen molar-refractivity contribution in [3.05, 3.63) is 46.2 Å². The van der Waals surface area contributed by atoms with Gasteiger partial charge in [0.25, 0.3) is 0 Å². The molecule has 19 heavy (non-hydrogen) atoms. The maximum Gasteiger partial charge on any atom is 0.335 e. The van der Waals surface area contributed by atoms with Crippen LogP contribution in [0.1, 0.15) is 20.9 Å². The number of hydrogen-bond acceptors (Lipinski definition) is 4. The first-order valence-corrected chi connectivity index (χ1v) is 6.60. The second kappa shape index (κ2) is 4.47. The van der Waals surface area contributed by atoms with Crippen molar-refractivity contribution in [1.82, 2.24) is 14.5 Å². The average Bonchev–Trinajstić information content (AvgIpc) is 2.97. The molecule has 0 spiro atoms. The largest absolute Gasteiger partial charge is 0.478 e. The highest BCUT2D eigenvalue weighted by molar-refractivity contribution is 7.09. The summed E-state index contributed by atoms with van der Waals surface area (Å²) < 4.78 is 2.00. The van der Waals surface area contributed by atoms with Gasteiger partial charge >= 0.3 is 5.97 Å². The molecule has 0 aliphatic heterocycles. The number of hydrogen-bond donors (Lipinski definition) is 1. The van der Waals surface area contributed by atoms with Crippen molar-refractivity contribution in [3.63, 3.8) is 0 Å². The Labute approximate surface area is 113 Å². The third-order valence-corrected chi connectivity index (χ3v) is 3.95. The summed E-state index contributed by atoms with van der Waals surface area (Å²) in [5.41, 5.74) is 4.73. The standard InChI is InChI=1S/C13H11N3O2S/c1-8-12(19-7-15-8)5-16-6-14-10-4-9(13(17)18)2-3-11(10)16/h2-4,6-7H,5H2,1H3,(H,17,18). The Morgan fingerprint density at radius 3 is 2.95 bits per heavy atom. The summed E-state index contributed by atoms with van der Waals surface area (Å²) in [5.74, 6) is -0.935. The fourth-order valence-electron chi connectivity index (χ4n) is 1.96. The molecule has 0 saturated carbocycles. The molecule has 0 radical (unpaired) electrons. The van der Waals surface area contributed by atoms with Crippen LogP contribution in [0.3, 0.4) is 0 Å². The van der Waals surface area contributed by atoms with Crippen LogP contribution in [-0.2, 0) is 6.54 Å². The number of carbonyl (C=O) groups is 1. The predicted molar refractivity (Wildman–Crippen MR) is 72.6 cm³/mol. The molecular weight excluding hydrogens is 262 g/mol. The van der Waals surface area contributed by atoms with Crippen molar-refractivity contribution in [1.29, 1.82) is 0 Å². The van der Waals surface area contributed by atoms with Gasteiger partial charge < -0.3 is 9.67 Å². The average molecular weight is 273 g/mol. The number of imidazole rings is 1. The summed E-state index contributed by atoms with van der Waals surface area (Å²) in [6, 6.07) is 4.98. The minimum absolute atomic E-state index is 0.256. The lowest BCUT2D eigenvalue weighted by atomic mass is 10.2. The Morgan fingerprint density at radius 2 is 2.26 bits per heavy atom. The topological polar surface area (TPSA) is 68.0 Å². The van der Waals surface area contributed by atoms with E-state index in [-0.39, 0.29) is 5.56 Å². The van der Waals surface area contributed by atoms with E-state index >= 15 is 0 Å². The van der Waals surface area contributed by atoms with Crippen LogP contribution >= 0.6 is 11.3 Å². The Morgan fingerprint density at radius 1 is 1.42 bits per heavy atom. The molecule has 3 aromatic rings. The highest BCUT2D eigenvalue weighted by atomic mass is 32.1. The SMILES string of the molecule is Cc1ncsc1Cn1cnc2cc(C(=O)O)ccc21. The molecule has 0 fully saturated rings. The van der Waals surface area contributed by atoms with Gasteiger partial charge in [0.05, 0.1) is 40.7 Å². The van der Waals surface area contributed by atoms with Crippen LogP contribution in [-0.4, -0.2) is 25.6 Å². The molecule has 0 unspecified atom stereocenters. The van der Waals surface area contributed by atoms with E-state index in [0.29, 0.717) is 12.1 Å². The molecule has 0 bridgehead atoms. The number of aryl methyl sites for hydroxylation is 1. The van der Waals surface area contributed by atoms with E-state index in [1.165, 1.54) is 4.88 Å². The molecule has 1 N–H and O–H groups in total. The summed E-state index contributed by atoms with van der Waals surface area (Å²) in [7, 11) is 0. The third-order valence-electron chi connectivity index (χ3n) is 3.03. The highest BCUT2D eigenvalue weighted by Gasteiger charge is 2.09. The maximum absolute atomic E-state index is 10.9. The van der Waals surface area contributed by atoms with E-state index in [0.717, 1.165) is 11.2 Å². The van der Waals surface area contributed by atoms with E-state index in [1.807, 2.05) is 17.0 Å². The molecule has 2 aromatic heterocycles. The number of rotatable bonds is 3. The predicted octanol–water partition coefficient (Wildman–Crippen LogP) is 2.55. The van der Waals surface area contributed by atoms with Crippen LogP contribution in [0.25, 0.3) is 11.0 Å². The number of carboxylic acid groups (broad SMARTS) is 1. The summed E-state index contributed by atoms with van der Waals surface area (Å²) >= 11 is 1.61. The normalized spacial score (nSPS) is 11.0. The molecule has 1 aromatic carbocycles. The van der Waals surface area contributed by atoms with Gasteiger partial charge in [-0.1, -0.05) is 0 Å². The fourth-order valence-corrected chi connectivity index (χ4v) is 2.73. The van der Waals surface area contributed by atoms with Gasteiger partial charge in [0, 0.05) is 4.88 Å². The number of nitrogens with zero attached hydrogens (tertiary/aromatic N) is 3. The molecule has 2 heterocycles. The van der Waals surface area contributed by atoms with E-state index < -0.39 is 5.97 Å². The molecule has 3 rings (SSSR count). The van der Waals surface area contributed by atoms with Crippen molar-refractivity contribution < 1.29 is 9.90 Å². The number of thiazole rings is 1. The first-order chi connectivity index (χ1) is 9.15. The van der Waals surface area contributed by atoms with Crippen molar-refractivity contribution >= 4 is 28.3 Å². The van der Waals surface area contributed by atoms with Crippen molar-refractivity contribution in [3.8, 4) is 0 Å². The minimum atomic E-state index is -0.935. The number of carboxylic acids is 1. The lowest BCUT2D eigenvalue weighted by molar-refractivity contribution is 0.0697. The van der Waals surface area contributed by atoms with Gasteiger partial charge in [-0.15, -0.1) is 11.3 Å². The molecule has 0 amide bonds. The fraction of sp³-hybridized carbons (Fsp3) is 0.154. The summed E-state index contributed by atoms with van der Waals surface area (Å²) in [6.45, 7) is 2.69. The van der Waals surface area contributed by atoms with Gasteiger partial charge in [0.15, 0.2) is 0 Å². The summed E-state index contributed by atoms with van der Waals surface area (Å²) in [5, 5.41) is 8.95. The Bertz CT molecular complexity index is 760. The number of benzene rings is 1. The minimum Gasteiger partial charge on any atom is -0.478 e. The second-order valence-electron chi connectivity index (χ2n) is 4.24. The molecule has 6 heteroatoms. The zero-order valence-corrected chi connectivity index (χ0v) is 11.0. The third kappa shape index (κ3) is 2.10. The van der Waals surface area contributed by atoms with Gasteiger partial charge in [-0.3, -0.25) is 0 Å². The number of fused-ring (bicyclic) bond motifs is 1. The zero-order valence-electron chi connectivity index (χ0n) is 10.2. The molecule has 0 aliphatic carbocycles. The molecule has 0 aliphatic rings. The number of aromatic nitrogens is 3. The van der Waals surface area contributed by atoms with Crippen LogP contribution in [0, 0.1) is 6.92 Å². The zero-order chi connectivity index (χ0) is 13.4. The van der Waals surface area contributed by atoms with Gasteiger partial charge in [0.2, 0.25) is 0 Å². The molecular formula is C13H11N3O2S. The van der Waals surface area contributed by atoms with Gasteiger partial charge in [-0.25, -0.2) is 14.8 Å². The van der Waals surface area contributed by atoms with Crippen LogP contribution in [0.15, 0.2) is 30.0 Å². The smallest absolute Gasteiger partial charge is 0.335 e. The van der Waals surface area contributed by atoms with E-state index in [2.05, 4.69) is 9.97 Å². The summed E-state index contributed by atoms with van der Waals surface area (Å²) in [6.07, 6.45) is 1.73. The number of aromatic carboxylic acids is 1. The Kier molecular flexibility index (Phi) is 2.79. The quantitative estimate of drug-likeness (QED) is 0.796. The van der Waals surface area contributed by atoms with E-state index in [9.17, 15) is 4.79 Å². The van der Waals surface area contributed by atoms with Crippen LogP contribution < -0.4 is 0 Å². The lowest BCUT2D eigenvalue weighted by Gasteiger charge is -2.03. The van der Waals surface area contributed by atoms with E-state index in [4.69, 9.17) is 5.11 Å². The van der Waals surface area contributed by atoms with Crippen molar-refractivity contribution in [2.75, 3.05) is 0 Å². The van der Waals surface area contributed by atoms with Crippen LogP contribution in [0.5, 0.6) is 0 Å². The molecule has 0 saturated heterocycles. The van der Waals surface area contributed by atoms with Crippen LogP contribution in [0.2, 0.25) is 0 Å². The molecule has 5 nitrogen and oxygen atoms in total. The Balaban J connectivity index is 2.02. The first kappa shape index (κ1) is 11.9. The van der Waals surface area contributed by atoms with E-state index in [1.54, 1.807) is 35.9 Å². The second-order valence-corrected chi connectivity index (χ2v) is 5.18. The van der Waals surface area contributed by atoms with Gasteiger partial charge in [-0.05, 0) is 25.1 Å². The molecule has 0 atom stereocenters. The van der Waals surface area contributed by atoms with Crippen molar-refractivity contribution in [2.24, 2.45) is 0 Å². The van der Waals surface area contributed by atoms with Gasteiger partial charge in [0.1, 0.15) is 0 Å². The highest BCUT2D eigenvalue weighted by Crippen LogP contribution is 2.19. The van der Waals surface area contributed by atoms with Gasteiger partial charge in [-0.2, -0.15) is 0 Å². The maximum atomic E-state index is 10.9. The lowest BCUT2D eigenvalue weighted by Crippen LogP contribution is -1.99. The first-order valence-electron chi connectivity index (χ1n) is 5.72. The van der Waals surface area contributed by atoms with Crippen molar-refractivity contribution in [2.45, 2.75) is 13.5 Å².